The molecule has 0 radical (unpaired) electrons. The monoisotopic (exact) mass is 383 g/mol. The van der Waals surface area contributed by atoms with Gasteiger partial charge in [0.2, 0.25) is 5.91 Å². The number of fused-ring (bicyclic) bond motifs is 3. The van der Waals surface area contributed by atoms with Crippen molar-refractivity contribution in [2.75, 3.05) is 19.6 Å². The van der Waals surface area contributed by atoms with Crippen molar-refractivity contribution in [3.8, 4) is 0 Å². The number of aromatic amines is 1. The Kier molecular flexibility index (Phi) is 5.11. The average Bonchev–Trinajstić information content (AvgIpc) is 3.28. The minimum absolute atomic E-state index is 0.0939. The molecule has 0 bridgehead atoms. The van der Waals surface area contributed by atoms with E-state index in [4.69, 9.17) is 11.6 Å². The third-order valence-corrected chi connectivity index (χ3v) is 6.13. The van der Waals surface area contributed by atoms with Gasteiger partial charge in [-0.05, 0) is 62.7 Å². The molecule has 1 amide bonds. The fourth-order valence-electron chi connectivity index (χ4n) is 4.23. The first kappa shape index (κ1) is 18.3. The van der Waals surface area contributed by atoms with Crippen LogP contribution < -0.4 is 5.32 Å². The van der Waals surface area contributed by atoms with E-state index in [-0.39, 0.29) is 11.8 Å². The molecular formula is C22H26ClN3O. The zero-order valence-electron chi connectivity index (χ0n) is 15.9. The van der Waals surface area contributed by atoms with Gasteiger partial charge in [-0.25, -0.2) is 0 Å². The number of likely N-dealkylation sites (N-methyl/N-ethyl adjacent to an activating group) is 1. The van der Waals surface area contributed by atoms with E-state index >= 15 is 0 Å². The Morgan fingerprint density at radius 2 is 2.11 bits per heavy atom. The van der Waals surface area contributed by atoms with Gasteiger partial charge in [0, 0.05) is 39.4 Å². The summed E-state index contributed by atoms with van der Waals surface area (Å²) in [6.45, 7) is 7.10. The molecule has 1 fully saturated rings. The molecule has 1 aliphatic heterocycles. The minimum Gasteiger partial charge on any atom is -0.355 e. The van der Waals surface area contributed by atoms with E-state index in [0.717, 1.165) is 52.0 Å². The maximum Gasteiger partial charge on any atom is 0.227 e. The Hall–Kier alpha value is -2.04. The average molecular weight is 384 g/mol. The molecule has 27 heavy (non-hydrogen) atoms. The number of benzene rings is 2. The first-order valence-electron chi connectivity index (χ1n) is 9.79. The molecule has 2 heterocycles. The quantitative estimate of drug-likeness (QED) is 0.672. The van der Waals surface area contributed by atoms with E-state index in [1.807, 2.05) is 25.1 Å². The second-order valence-electron chi connectivity index (χ2n) is 7.51. The molecule has 2 aromatic carbocycles. The predicted molar refractivity (Wildman–Crippen MR) is 113 cm³/mol. The number of carbonyl (C=O) groups is 1. The number of likely N-dealkylation sites (tertiary alicyclic amines) is 1. The molecule has 4 nitrogen and oxygen atoms in total. The van der Waals surface area contributed by atoms with Gasteiger partial charge in [0.15, 0.2) is 0 Å². The van der Waals surface area contributed by atoms with Crippen LogP contribution in [0.25, 0.3) is 21.8 Å². The molecule has 5 heteroatoms. The normalized spacial score (nSPS) is 19.0. The zero-order valence-corrected chi connectivity index (χ0v) is 16.6. The van der Waals surface area contributed by atoms with Crippen molar-refractivity contribution in [1.82, 2.24) is 15.2 Å². The number of rotatable bonds is 5. The van der Waals surface area contributed by atoms with Gasteiger partial charge in [0.05, 0.1) is 5.92 Å². The Morgan fingerprint density at radius 1 is 1.26 bits per heavy atom. The second-order valence-corrected chi connectivity index (χ2v) is 7.95. The third kappa shape index (κ3) is 3.56. The lowest BCUT2D eigenvalue weighted by Gasteiger charge is -2.23. The Bertz CT molecular complexity index is 980. The highest BCUT2D eigenvalue weighted by Gasteiger charge is 2.24. The summed E-state index contributed by atoms with van der Waals surface area (Å²) in [5.74, 6) is -0.0858. The van der Waals surface area contributed by atoms with Crippen molar-refractivity contribution in [1.29, 1.82) is 0 Å². The van der Waals surface area contributed by atoms with Crippen molar-refractivity contribution in [3.05, 3.63) is 47.0 Å². The van der Waals surface area contributed by atoms with Gasteiger partial charge in [0.1, 0.15) is 0 Å². The number of aromatic nitrogens is 1. The molecule has 0 spiro atoms. The molecule has 4 rings (SSSR count). The predicted octanol–water partition coefficient (Wildman–Crippen LogP) is 4.68. The fourth-order valence-corrected chi connectivity index (χ4v) is 4.40. The molecule has 142 valence electrons. The lowest BCUT2D eigenvalue weighted by molar-refractivity contribution is -0.122. The summed E-state index contributed by atoms with van der Waals surface area (Å²) >= 11 is 6.14. The molecule has 0 unspecified atom stereocenters. The maximum absolute atomic E-state index is 12.7. The summed E-state index contributed by atoms with van der Waals surface area (Å²) in [4.78, 5) is 18.6. The number of hydrogen-bond acceptors (Lipinski definition) is 2. The lowest BCUT2D eigenvalue weighted by Crippen LogP contribution is -2.41. The number of amides is 1. The molecule has 2 atom stereocenters. The van der Waals surface area contributed by atoms with Gasteiger partial charge in [-0.1, -0.05) is 30.7 Å². The molecular weight excluding hydrogens is 358 g/mol. The zero-order chi connectivity index (χ0) is 19.0. The van der Waals surface area contributed by atoms with Crippen LogP contribution in [0.15, 0.2) is 36.4 Å². The van der Waals surface area contributed by atoms with E-state index in [1.54, 1.807) is 0 Å². The smallest absolute Gasteiger partial charge is 0.227 e. The van der Waals surface area contributed by atoms with Crippen LogP contribution in [0.2, 0.25) is 5.02 Å². The second kappa shape index (κ2) is 7.53. The van der Waals surface area contributed by atoms with Crippen LogP contribution in [0.3, 0.4) is 0 Å². The Morgan fingerprint density at radius 3 is 2.93 bits per heavy atom. The molecule has 2 N–H and O–H groups in total. The largest absolute Gasteiger partial charge is 0.355 e. The molecule has 1 aliphatic rings. The van der Waals surface area contributed by atoms with E-state index in [2.05, 4.69) is 40.3 Å². The Balaban J connectivity index is 1.50. The van der Waals surface area contributed by atoms with Gasteiger partial charge in [0.25, 0.3) is 0 Å². The SMILES string of the molecule is CCN1CCC[C@H]1CNC(=O)[C@@H](C)c1ccc2c(c1)[nH]c1ccc(Cl)cc12. The topological polar surface area (TPSA) is 48.1 Å². The van der Waals surface area contributed by atoms with Gasteiger partial charge in [-0.15, -0.1) is 0 Å². The summed E-state index contributed by atoms with van der Waals surface area (Å²) in [6, 6.07) is 12.6. The van der Waals surface area contributed by atoms with E-state index in [1.165, 1.54) is 12.8 Å². The van der Waals surface area contributed by atoms with Crippen molar-refractivity contribution >= 4 is 39.3 Å². The van der Waals surface area contributed by atoms with Gasteiger partial charge >= 0.3 is 0 Å². The molecule has 3 aromatic rings. The van der Waals surface area contributed by atoms with Crippen LogP contribution >= 0.6 is 11.6 Å². The van der Waals surface area contributed by atoms with Crippen molar-refractivity contribution in [3.63, 3.8) is 0 Å². The van der Waals surface area contributed by atoms with Crippen LogP contribution in [0, 0.1) is 0 Å². The molecule has 1 aromatic heterocycles. The molecule has 0 aliphatic carbocycles. The number of nitrogens with zero attached hydrogens (tertiary/aromatic N) is 1. The first-order valence-corrected chi connectivity index (χ1v) is 10.2. The fraction of sp³-hybridized carbons (Fsp3) is 0.409. The summed E-state index contributed by atoms with van der Waals surface area (Å²) < 4.78 is 0. The summed E-state index contributed by atoms with van der Waals surface area (Å²) in [5, 5.41) is 6.14. The standard InChI is InChI=1S/C22H26ClN3O/c1-3-26-10-4-5-17(26)13-24-22(27)14(2)15-6-8-18-19-12-16(23)7-9-20(19)25-21(18)11-15/h6-9,11-12,14,17,25H,3-5,10,13H2,1-2H3,(H,24,27)/t14-,17-/m0/s1. The van der Waals surface area contributed by atoms with Gasteiger partial charge < -0.3 is 10.3 Å². The number of nitrogens with one attached hydrogen (secondary N) is 2. The summed E-state index contributed by atoms with van der Waals surface area (Å²) in [7, 11) is 0. The van der Waals surface area contributed by atoms with Crippen LogP contribution in [0.1, 0.15) is 38.2 Å². The van der Waals surface area contributed by atoms with Gasteiger partial charge in [-0.2, -0.15) is 0 Å². The third-order valence-electron chi connectivity index (χ3n) is 5.90. The Labute approximate surface area is 164 Å². The number of carbonyl (C=O) groups excluding carboxylic acids is 1. The first-order chi connectivity index (χ1) is 13.1. The van der Waals surface area contributed by atoms with Crippen molar-refractivity contribution in [2.45, 2.75) is 38.6 Å². The summed E-state index contributed by atoms with van der Waals surface area (Å²) in [5.41, 5.74) is 3.12. The number of halogens is 1. The van der Waals surface area contributed by atoms with Gasteiger partial charge in [-0.3, -0.25) is 9.69 Å². The molecule has 1 saturated heterocycles. The van der Waals surface area contributed by atoms with E-state index in [0.29, 0.717) is 6.04 Å². The number of hydrogen-bond donors (Lipinski definition) is 2. The van der Waals surface area contributed by atoms with Crippen molar-refractivity contribution < 1.29 is 4.79 Å². The maximum atomic E-state index is 12.7. The lowest BCUT2D eigenvalue weighted by atomic mass is 9.98. The summed E-state index contributed by atoms with van der Waals surface area (Å²) in [6.07, 6.45) is 2.40. The van der Waals surface area contributed by atoms with Crippen LogP contribution in [-0.4, -0.2) is 41.5 Å². The van der Waals surface area contributed by atoms with Crippen LogP contribution in [-0.2, 0) is 4.79 Å². The highest BCUT2D eigenvalue weighted by Crippen LogP contribution is 2.30. The highest BCUT2D eigenvalue weighted by atomic mass is 35.5. The minimum atomic E-state index is -0.180. The number of H-pyrrole nitrogens is 1. The highest BCUT2D eigenvalue weighted by molar-refractivity contribution is 6.31. The van der Waals surface area contributed by atoms with E-state index < -0.39 is 0 Å². The van der Waals surface area contributed by atoms with Crippen molar-refractivity contribution in [2.24, 2.45) is 0 Å². The van der Waals surface area contributed by atoms with Crippen LogP contribution in [0.4, 0.5) is 0 Å². The van der Waals surface area contributed by atoms with E-state index in [9.17, 15) is 4.79 Å². The molecule has 0 saturated carbocycles. The van der Waals surface area contributed by atoms with Crippen LogP contribution in [0.5, 0.6) is 0 Å².